The van der Waals surface area contributed by atoms with Crippen molar-refractivity contribution in [3.05, 3.63) is 29.2 Å². The second-order valence-electron chi connectivity index (χ2n) is 5.79. The summed E-state index contributed by atoms with van der Waals surface area (Å²) in [4.78, 5) is 29.2. The Kier molecular flexibility index (Phi) is 4.44. The molecule has 0 fully saturated rings. The normalized spacial score (nSPS) is 11.1. The third-order valence-electron chi connectivity index (χ3n) is 3.28. The van der Waals surface area contributed by atoms with Gasteiger partial charge in [0.1, 0.15) is 6.54 Å². The maximum Gasteiger partial charge on any atom is 0.323 e. The van der Waals surface area contributed by atoms with Gasteiger partial charge >= 0.3 is 5.97 Å². The van der Waals surface area contributed by atoms with E-state index in [4.69, 9.17) is 5.11 Å². The Balaban J connectivity index is 2.41. The number of hydrogen-bond donors (Lipinski definition) is 1. The molecule has 0 atom stereocenters. The summed E-state index contributed by atoms with van der Waals surface area (Å²) < 4.78 is 1.61. The fourth-order valence-electron chi connectivity index (χ4n) is 2.37. The molecule has 118 valence electrons. The number of hydrogen-bond acceptors (Lipinski definition) is 4. The molecule has 1 N–H and O–H groups in total. The number of rotatable bonds is 5. The number of aliphatic carboxylic acids is 1. The van der Waals surface area contributed by atoms with Crippen LogP contribution in [0.15, 0.2) is 12.3 Å². The highest BCUT2D eigenvalue weighted by atomic mass is 16.4. The van der Waals surface area contributed by atoms with Crippen LogP contribution in [0.2, 0.25) is 0 Å². The number of nitrogens with zero attached hydrogens (tertiary/aromatic N) is 4. The van der Waals surface area contributed by atoms with Gasteiger partial charge in [-0.15, -0.1) is 0 Å². The number of aryl methyl sites for hydroxylation is 2. The Hall–Kier alpha value is -2.44. The number of aromatic nitrogens is 3. The fourth-order valence-corrected chi connectivity index (χ4v) is 2.37. The molecule has 2 aromatic rings. The van der Waals surface area contributed by atoms with Gasteiger partial charge < -0.3 is 10.0 Å². The molecule has 0 aromatic carbocycles. The first-order valence-corrected chi connectivity index (χ1v) is 7.12. The second-order valence-corrected chi connectivity index (χ2v) is 5.79. The van der Waals surface area contributed by atoms with E-state index >= 15 is 0 Å². The van der Waals surface area contributed by atoms with Gasteiger partial charge in [-0.25, -0.2) is 9.50 Å². The third-order valence-corrected chi connectivity index (χ3v) is 3.28. The molecular weight excluding hydrogens is 284 g/mol. The zero-order chi connectivity index (χ0) is 16.4. The zero-order valence-corrected chi connectivity index (χ0v) is 13.2. The van der Waals surface area contributed by atoms with Gasteiger partial charge in [-0.05, 0) is 19.8 Å². The van der Waals surface area contributed by atoms with E-state index in [9.17, 15) is 9.59 Å². The van der Waals surface area contributed by atoms with Crippen molar-refractivity contribution in [2.75, 3.05) is 13.1 Å². The van der Waals surface area contributed by atoms with Crippen molar-refractivity contribution in [1.82, 2.24) is 19.5 Å². The zero-order valence-electron chi connectivity index (χ0n) is 13.2. The van der Waals surface area contributed by atoms with E-state index in [1.165, 1.54) is 11.1 Å². The molecule has 0 saturated heterocycles. The average molecular weight is 304 g/mol. The smallest absolute Gasteiger partial charge is 0.323 e. The number of carbonyl (C=O) groups excluding carboxylic acids is 1. The molecule has 0 aliphatic heterocycles. The summed E-state index contributed by atoms with van der Waals surface area (Å²) in [6.07, 6.45) is 1.49. The summed E-state index contributed by atoms with van der Waals surface area (Å²) in [5.74, 6) is -1.20. The van der Waals surface area contributed by atoms with Gasteiger partial charge in [0.25, 0.3) is 5.91 Å². The number of carboxylic acid groups (broad SMARTS) is 1. The molecule has 2 heterocycles. The summed E-state index contributed by atoms with van der Waals surface area (Å²) in [6.45, 7) is 7.56. The van der Waals surface area contributed by atoms with Crippen molar-refractivity contribution >= 4 is 17.5 Å². The van der Waals surface area contributed by atoms with Crippen LogP contribution in [0.3, 0.4) is 0 Å². The molecule has 0 aliphatic rings. The maximum absolute atomic E-state index is 12.7. The molecule has 1 amide bonds. The minimum absolute atomic E-state index is 0.173. The molecule has 2 aromatic heterocycles. The first-order valence-electron chi connectivity index (χ1n) is 7.12. The minimum Gasteiger partial charge on any atom is -0.480 e. The lowest BCUT2D eigenvalue weighted by molar-refractivity contribution is -0.137. The van der Waals surface area contributed by atoms with Gasteiger partial charge in [0.15, 0.2) is 5.65 Å². The van der Waals surface area contributed by atoms with Crippen molar-refractivity contribution < 1.29 is 14.7 Å². The predicted molar refractivity (Wildman–Crippen MR) is 80.8 cm³/mol. The second kappa shape index (κ2) is 6.13. The van der Waals surface area contributed by atoms with Crippen molar-refractivity contribution in [3.8, 4) is 0 Å². The molecule has 0 unspecified atom stereocenters. The quantitative estimate of drug-likeness (QED) is 0.905. The summed E-state index contributed by atoms with van der Waals surface area (Å²) >= 11 is 0. The lowest BCUT2D eigenvalue weighted by Gasteiger charge is -2.23. The number of carboxylic acids is 1. The van der Waals surface area contributed by atoms with Crippen LogP contribution in [-0.4, -0.2) is 49.6 Å². The Bertz CT molecular complexity index is 721. The molecule has 7 nitrogen and oxygen atoms in total. The maximum atomic E-state index is 12.7. The minimum atomic E-state index is -1.03. The topological polar surface area (TPSA) is 87.8 Å². The van der Waals surface area contributed by atoms with E-state index in [2.05, 4.69) is 10.1 Å². The Morgan fingerprint density at radius 3 is 2.64 bits per heavy atom. The fraction of sp³-hybridized carbons (Fsp3) is 0.467. The van der Waals surface area contributed by atoms with E-state index in [1.54, 1.807) is 11.4 Å². The van der Waals surface area contributed by atoms with E-state index in [1.807, 2.05) is 26.8 Å². The van der Waals surface area contributed by atoms with Crippen LogP contribution in [0.4, 0.5) is 0 Å². The largest absolute Gasteiger partial charge is 0.480 e. The highest BCUT2D eigenvalue weighted by molar-refractivity contribution is 5.96. The summed E-state index contributed by atoms with van der Waals surface area (Å²) in [7, 11) is 0. The molecule has 7 heteroatoms. The van der Waals surface area contributed by atoms with Crippen molar-refractivity contribution in [2.24, 2.45) is 5.92 Å². The molecule has 22 heavy (non-hydrogen) atoms. The molecule has 0 spiro atoms. The van der Waals surface area contributed by atoms with Gasteiger partial charge in [0.2, 0.25) is 0 Å². The Labute approximate surface area is 128 Å². The van der Waals surface area contributed by atoms with Crippen LogP contribution < -0.4 is 0 Å². The van der Waals surface area contributed by atoms with Gasteiger partial charge in [-0.1, -0.05) is 13.8 Å². The standard InChI is InChI=1S/C15H20N4O3/c1-9(2)7-18(8-14(20)21)15(22)12-6-16-13-5-10(3)17-19(13)11(12)4/h5-6,9H,7-8H2,1-4H3,(H,20,21). The van der Waals surface area contributed by atoms with Crippen molar-refractivity contribution in [3.63, 3.8) is 0 Å². The van der Waals surface area contributed by atoms with Crippen LogP contribution >= 0.6 is 0 Å². The SMILES string of the molecule is Cc1cc2ncc(C(=O)N(CC(=O)O)CC(C)C)c(C)n2n1. The van der Waals surface area contributed by atoms with Crippen LogP contribution in [0.25, 0.3) is 5.65 Å². The lowest BCUT2D eigenvalue weighted by atomic mass is 10.1. The van der Waals surface area contributed by atoms with E-state index < -0.39 is 5.97 Å². The summed E-state index contributed by atoms with van der Waals surface area (Å²) in [5.41, 5.74) is 2.50. The molecule has 2 rings (SSSR count). The Morgan fingerprint density at radius 1 is 1.36 bits per heavy atom. The Morgan fingerprint density at radius 2 is 2.05 bits per heavy atom. The number of amides is 1. The molecule has 0 saturated carbocycles. The van der Waals surface area contributed by atoms with Crippen molar-refractivity contribution in [2.45, 2.75) is 27.7 Å². The van der Waals surface area contributed by atoms with Crippen LogP contribution in [-0.2, 0) is 4.79 Å². The molecule has 0 bridgehead atoms. The van der Waals surface area contributed by atoms with Crippen LogP contribution in [0.5, 0.6) is 0 Å². The van der Waals surface area contributed by atoms with E-state index in [0.29, 0.717) is 23.4 Å². The number of carbonyl (C=O) groups is 2. The summed E-state index contributed by atoms with van der Waals surface area (Å²) in [5, 5.41) is 13.3. The lowest BCUT2D eigenvalue weighted by Crippen LogP contribution is -2.38. The summed E-state index contributed by atoms with van der Waals surface area (Å²) in [6, 6.07) is 1.82. The first-order chi connectivity index (χ1) is 10.3. The van der Waals surface area contributed by atoms with Gasteiger partial charge in [-0.3, -0.25) is 9.59 Å². The third kappa shape index (κ3) is 3.24. The van der Waals surface area contributed by atoms with Crippen molar-refractivity contribution in [1.29, 1.82) is 0 Å². The highest BCUT2D eigenvalue weighted by Crippen LogP contribution is 2.14. The van der Waals surface area contributed by atoms with Gasteiger partial charge in [0.05, 0.1) is 17.0 Å². The van der Waals surface area contributed by atoms with Gasteiger partial charge in [0, 0.05) is 18.8 Å². The van der Waals surface area contributed by atoms with E-state index in [-0.39, 0.29) is 18.4 Å². The van der Waals surface area contributed by atoms with Gasteiger partial charge in [-0.2, -0.15) is 5.10 Å². The monoisotopic (exact) mass is 304 g/mol. The van der Waals surface area contributed by atoms with Crippen LogP contribution in [0, 0.1) is 19.8 Å². The molecule has 0 aliphatic carbocycles. The molecular formula is C15H20N4O3. The average Bonchev–Trinajstić information content (AvgIpc) is 2.78. The van der Waals surface area contributed by atoms with Crippen LogP contribution in [0.1, 0.15) is 35.6 Å². The highest BCUT2D eigenvalue weighted by Gasteiger charge is 2.22. The molecule has 0 radical (unpaired) electrons. The predicted octanol–water partition coefficient (Wildman–Crippen LogP) is 1.53. The number of fused-ring (bicyclic) bond motifs is 1. The first kappa shape index (κ1) is 15.9. The van der Waals surface area contributed by atoms with E-state index in [0.717, 1.165) is 5.69 Å².